The number of rotatable bonds is 4. The van der Waals surface area contributed by atoms with Crippen LogP contribution in [0.2, 0.25) is 0 Å². The summed E-state index contributed by atoms with van der Waals surface area (Å²) in [5.41, 5.74) is -0.575. The Labute approximate surface area is 111 Å². The smallest absolute Gasteiger partial charge is 0.338 e. The lowest BCUT2D eigenvalue weighted by Crippen LogP contribution is -2.11. The average Bonchev–Trinajstić information content (AvgIpc) is 2.36. The van der Waals surface area contributed by atoms with E-state index in [9.17, 15) is 13.6 Å². The summed E-state index contributed by atoms with van der Waals surface area (Å²) in [4.78, 5) is 11.6. The molecule has 0 radical (unpaired) electrons. The third-order valence-corrected chi connectivity index (χ3v) is 2.91. The van der Waals surface area contributed by atoms with Gasteiger partial charge < -0.3 is 4.74 Å². The molecule has 0 aliphatic carbocycles. The van der Waals surface area contributed by atoms with Crippen molar-refractivity contribution in [3.05, 3.63) is 34.4 Å². The van der Waals surface area contributed by atoms with E-state index in [4.69, 9.17) is 10.00 Å². The molecule has 0 N–H and O–H groups in total. The number of nitriles is 1. The molecule has 6 heteroatoms. The van der Waals surface area contributed by atoms with Crippen LogP contribution >= 0.6 is 15.9 Å². The van der Waals surface area contributed by atoms with E-state index in [-0.39, 0.29) is 23.1 Å². The molecule has 1 aromatic carbocycles. The molecule has 0 unspecified atom stereocenters. The molecule has 0 aromatic heterocycles. The number of halogens is 3. The first-order valence-corrected chi connectivity index (χ1v) is 6.26. The summed E-state index contributed by atoms with van der Waals surface area (Å²) in [7, 11) is 0. The van der Waals surface area contributed by atoms with Crippen molar-refractivity contribution in [2.45, 2.75) is 18.7 Å². The van der Waals surface area contributed by atoms with Crippen LogP contribution in [0, 0.1) is 11.3 Å². The van der Waals surface area contributed by atoms with Gasteiger partial charge in [-0.25, -0.2) is 13.6 Å². The first kappa shape index (κ1) is 14.6. The molecule has 0 spiro atoms. The Balaban J connectivity index is 3.45. The topological polar surface area (TPSA) is 50.1 Å². The lowest BCUT2D eigenvalue weighted by Gasteiger charge is -2.12. The summed E-state index contributed by atoms with van der Waals surface area (Å²) in [5, 5.41) is 9.22. The minimum Gasteiger partial charge on any atom is -0.462 e. The van der Waals surface area contributed by atoms with E-state index in [1.165, 1.54) is 12.1 Å². The van der Waals surface area contributed by atoms with Gasteiger partial charge in [0, 0.05) is 5.33 Å². The average molecular weight is 318 g/mol. The third-order valence-electron chi connectivity index (χ3n) is 2.30. The van der Waals surface area contributed by atoms with Crippen LogP contribution in [0.25, 0.3) is 0 Å². The number of carbonyl (C=O) groups excluding carboxylic acids is 1. The van der Waals surface area contributed by atoms with Crippen LogP contribution in [-0.2, 0) is 10.1 Å². The molecular formula is C12H10BrF2NO2. The van der Waals surface area contributed by atoms with Gasteiger partial charge in [0.1, 0.15) is 0 Å². The van der Waals surface area contributed by atoms with Crippen molar-refractivity contribution in [1.82, 2.24) is 0 Å². The van der Waals surface area contributed by atoms with Gasteiger partial charge in [0.2, 0.25) is 0 Å². The summed E-state index contributed by atoms with van der Waals surface area (Å²) in [6.07, 6.45) is -2.90. The second kappa shape index (κ2) is 6.45. The van der Waals surface area contributed by atoms with Gasteiger partial charge >= 0.3 is 5.97 Å². The number of benzene rings is 1. The first-order chi connectivity index (χ1) is 8.56. The number of hydrogen-bond donors (Lipinski definition) is 0. The predicted octanol–water partition coefficient (Wildman–Crippen LogP) is 3.57. The maximum absolute atomic E-state index is 13.0. The molecule has 0 saturated heterocycles. The summed E-state index contributed by atoms with van der Waals surface area (Å²) in [6, 6.07) is 4.44. The number of carbonyl (C=O) groups is 1. The van der Waals surface area contributed by atoms with Crippen LogP contribution in [0.15, 0.2) is 12.1 Å². The predicted molar refractivity (Wildman–Crippen MR) is 64.7 cm³/mol. The largest absolute Gasteiger partial charge is 0.462 e. The highest BCUT2D eigenvalue weighted by atomic mass is 79.9. The van der Waals surface area contributed by atoms with Crippen molar-refractivity contribution in [2.75, 3.05) is 6.61 Å². The third kappa shape index (κ3) is 2.85. The molecule has 0 amide bonds. The molecule has 1 rings (SSSR count). The molecule has 0 atom stereocenters. The van der Waals surface area contributed by atoms with Crippen LogP contribution < -0.4 is 0 Å². The fourth-order valence-corrected chi connectivity index (χ4v) is 1.99. The zero-order valence-corrected chi connectivity index (χ0v) is 11.1. The highest BCUT2D eigenvalue weighted by Crippen LogP contribution is 2.30. The van der Waals surface area contributed by atoms with Gasteiger partial charge in [-0.1, -0.05) is 22.0 Å². The van der Waals surface area contributed by atoms with E-state index < -0.39 is 18.0 Å². The van der Waals surface area contributed by atoms with Gasteiger partial charge in [-0.2, -0.15) is 5.26 Å². The van der Waals surface area contributed by atoms with Crippen molar-refractivity contribution < 1.29 is 18.3 Å². The lowest BCUT2D eigenvalue weighted by atomic mass is 9.97. The maximum Gasteiger partial charge on any atom is 0.338 e. The van der Waals surface area contributed by atoms with E-state index in [1.807, 2.05) is 0 Å². The molecule has 96 valence electrons. The first-order valence-electron chi connectivity index (χ1n) is 5.13. The molecule has 0 aliphatic rings. The SMILES string of the molecule is CCOC(=O)c1ccc(CBr)c(C#N)c1C(F)F. The number of esters is 1. The van der Waals surface area contributed by atoms with Crippen molar-refractivity contribution >= 4 is 21.9 Å². The molecule has 0 bridgehead atoms. The van der Waals surface area contributed by atoms with Crippen molar-refractivity contribution in [2.24, 2.45) is 0 Å². The summed E-state index contributed by atoms with van der Waals surface area (Å²) >= 11 is 3.11. The maximum atomic E-state index is 13.0. The zero-order chi connectivity index (χ0) is 13.7. The van der Waals surface area contributed by atoms with Crippen LogP contribution in [0.5, 0.6) is 0 Å². The summed E-state index contributed by atoms with van der Waals surface area (Å²) < 4.78 is 30.7. The molecule has 0 fully saturated rings. The van der Waals surface area contributed by atoms with Gasteiger partial charge in [-0.3, -0.25) is 0 Å². The fourth-order valence-electron chi connectivity index (χ4n) is 1.52. The number of hydrogen-bond acceptors (Lipinski definition) is 3. The molecule has 18 heavy (non-hydrogen) atoms. The second-order valence-electron chi connectivity index (χ2n) is 3.33. The van der Waals surface area contributed by atoms with Crippen LogP contribution in [0.4, 0.5) is 8.78 Å². The van der Waals surface area contributed by atoms with E-state index in [2.05, 4.69) is 15.9 Å². The van der Waals surface area contributed by atoms with E-state index in [0.717, 1.165) is 0 Å². The van der Waals surface area contributed by atoms with Crippen LogP contribution in [0.1, 0.15) is 40.4 Å². The van der Waals surface area contributed by atoms with Crippen LogP contribution in [-0.4, -0.2) is 12.6 Å². The highest BCUT2D eigenvalue weighted by Gasteiger charge is 2.25. The number of alkyl halides is 3. The monoisotopic (exact) mass is 317 g/mol. The van der Waals surface area contributed by atoms with Gasteiger partial charge in [-0.05, 0) is 18.6 Å². The molecule has 0 aliphatic heterocycles. The Hall–Kier alpha value is -1.48. The summed E-state index contributed by atoms with van der Waals surface area (Å²) in [6.45, 7) is 1.67. The minimum absolute atomic E-state index is 0.0869. The van der Waals surface area contributed by atoms with Crippen molar-refractivity contribution in [3.63, 3.8) is 0 Å². The van der Waals surface area contributed by atoms with Crippen molar-refractivity contribution in [3.8, 4) is 6.07 Å². The molecule has 0 heterocycles. The van der Waals surface area contributed by atoms with E-state index >= 15 is 0 Å². The molecular weight excluding hydrogens is 308 g/mol. The fraction of sp³-hybridized carbons (Fsp3) is 0.333. The normalized spacial score (nSPS) is 10.2. The Morgan fingerprint density at radius 1 is 1.56 bits per heavy atom. The van der Waals surface area contributed by atoms with Gasteiger partial charge in [-0.15, -0.1) is 0 Å². The zero-order valence-electron chi connectivity index (χ0n) is 9.54. The Morgan fingerprint density at radius 2 is 2.22 bits per heavy atom. The molecule has 0 saturated carbocycles. The van der Waals surface area contributed by atoms with Gasteiger partial charge in [0.15, 0.2) is 0 Å². The van der Waals surface area contributed by atoms with Gasteiger partial charge in [0.05, 0.1) is 29.4 Å². The minimum atomic E-state index is -2.90. The quantitative estimate of drug-likeness (QED) is 0.630. The molecule has 3 nitrogen and oxygen atoms in total. The van der Waals surface area contributed by atoms with Crippen molar-refractivity contribution in [1.29, 1.82) is 5.26 Å². The van der Waals surface area contributed by atoms with Crippen LogP contribution in [0.3, 0.4) is 0 Å². The van der Waals surface area contributed by atoms with E-state index in [0.29, 0.717) is 5.56 Å². The Morgan fingerprint density at radius 3 is 2.67 bits per heavy atom. The number of nitrogens with zero attached hydrogens (tertiary/aromatic N) is 1. The second-order valence-corrected chi connectivity index (χ2v) is 3.89. The Bertz CT molecular complexity index is 498. The lowest BCUT2D eigenvalue weighted by molar-refractivity contribution is 0.0515. The highest BCUT2D eigenvalue weighted by molar-refractivity contribution is 9.08. The summed E-state index contributed by atoms with van der Waals surface area (Å²) in [5.74, 6) is -0.842. The van der Waals surface area contributed by atoms with Gasteiger partial charge in [0.25, 0.3) is 6.43 Å². The van der Waals surface area contributed by atoms with E-state index in [1.54, 1.807) is 13.0 Å². The Kier molecular flexibility index (Phi) is 5.23. The standard InChI is InChI=1S/C12H10BrF2NO2/c1-2-18-12(17)8-4-3-7(5-13)9(6-16)10(8)11(14)15/h3-4,11H,2,5H2,1H3. The number of ether oxygens (including phenoxy) is 1. The molecule has 1 aromatic rings.